The minimum absolute atomic E-state index is 0. The Morgan fingerprint density at radius 1 is 1.00 bits per heavy atom. The highest BCUT2D eigenvalue weighted by Crippen LogP contribution is 2.20. The van der Waals surface area contributed by atoms with Crippen molar-refractivity contribution in [1.82, 2.24) is 13.9 Å². The van der Waals surface area contributed by atoms with Gasteiger partial charge in [0.05, 0.1) is 0 Å². The van der Waals surface area contributed by atoms with Gasteiger partial charge in [-0.3, -0.25) is 0 Å². The van der Waals surface area contributed by atoms with Crippen LogP contribution in [0.1, 0.15) is 39.5 Å². The SMILES string of the molecule is CC1NCCN(S(=O)(=O)N2CCCCCC2)C1C.Cl. The van der Waals surface area contributed by atoms with Crippen LogP contribution >= 0.6 is 12.4 Å². The molecule has 0 aromatic heterocycles. The van der Waals surface area contributed by atoms with Crippen LogP contribution in [-0.2, 0) is 10.2 Å². The highest BCUT2D eigenvalue weighted by atomic mass is 35.5. The lowest BCUT2D eigenvalue weighted by Gasteiger charge is -2.39. The molecule has 0 spiro atoms. The predicted molar refractivity (Wildman–Crippen MR) is 79.8 cm³/mol. The summed E-state index contributed by atoms with van der Waals surface area (Å²) in [4.78, 5) is 0. The first-order valence-electron chi connectivity index (χ1n) is 7.04. The third-order valence-corrected chi connectivity index (χ3v) is 6.29. The summed E-state index contributed by atoms with van der Waals surface area (Å²) in [6, 6.07) is 0.257. The Morgan fingerprint density at radius 3 is 2.16 bits per heavy atom. The standard InChI is InChI=1S/C12H25N3O2S.ClH/c1-11-12(2)15(10-7-13-11)18(16,17)14-8-5-3-4-6-9-14;/h11-13H,3-10H2,1-2H3;1H. The highest BCUT2D eigenvalue weighted by Gasteiger charge is 2.37. The fourth-order valence-electron chi connectivity index (χ4n) is 2.77. The Labute approximate surface area is 123 Å². The number of nitrogens with one attached hydrogen (secondary N) is 1. The lowest BCUT2D eigenvalue weighted by molar-refractivity contribution is 0.216. The Hall–Kier alpha value is 0.120. The van der Waals surface area contributed by atoms with Gasteiger partial charge in [0.2, 0.25) is 0 Å². The lowest BCUT2D eigenvalue weighted by atomic mass is 10.1. The molecule has 7 heteroatoms. The van der Waals surface area contributed by atoms with E-state index in [0.29, 0.717) is 19.6 Å². The molecule has 2 rings (SSSR count). The fourth-order valence-corrected chi connectivity index (χ4v) is 4.71. The maximum Gasteiger partial charge on any atom is 0.282 e. The summed E-state index contributed by atoms with van der Waals surface area (Å²) in [6.07, 6.45) is 4.30. The van der Waals surface area contributed by atoms with E-state index >= 15 is 0 Å². The molecule has 1 N–H and O–H groups in total. The minimum atomic E-state index is -3.26. The molecule has 0 bridgehead atoms. The quantitative estimate of drug-likeness (QED) is 0.834. The molecule has 2 saturated heterocycles. The van der Waals surface area contributed by atoms with Gasteiger partial charge >= 0.3 is 0 Å². The van der Waals surface area contributed by atoms with Crippen LogP contribution in [0.2, 0.25) is 0 Å². The second kappa shape index (κ2) is 7.22. The highest BCUT2D eigenvalue weighted by molar-refractivity contribution is 7.86. The summed E-state index contributed by atoms with van der Waals surface area (Å²) >= 11 is 0. The molecule has 0 saturated carbocycles. The largest absolute Gasteiger partial charge is 0.311 e. The van der Waals surface area contributed by atoms with Crippen molar-refractivity contribution in [3.63, 3.8) is 0 Å². The molecular weight excluding hydrogens is 286 g/mol. The second-order valence-corrected chi connectivity index (χ2v) is 7.30. The van der Waals surface area contributed by atoms with E-state index in [1.165, 1.54) is 0 Å². The molecule has 19 heavy (non-hydrogen) atoms. The van der Waals surface area contributed by atoms with E-state index in [2.05, 4.69) is 12.2 Å². The van der Waals surface area contributed by atoms with Crippen molar-refractivity contribution in [3.05, 3.63) is 0 Å². The smallest absolute Gasteiger partial charge is 0.282 e. The fraction of sp³-hybridized carbons (Fsp3) is 1.00. The maximum absolute atomic E-state index is 12.7. The van der Waals surface area contributed by atoms with Gasteiger partial charge in [0.1, 0.15) is 0 Å². The average molecular weight is 312 g/mol. The van der Waals surface area contributed by atoms with Crippen LogP contribution in [0, 0.1) is 0 Å². The molecule has 5 nitrogen and oxygen atoms in total. The minimum Gasteiger partial charge on any atom is -0.311 e. The molecule has 2 unspecified atom stereocenters. The molecule has 114 valence electrons. The van der Waals surface area contributed by atoms with E-state index in [-0.39, 0.29) is 24.5 Å². The number of halogens is 1. The van der Waals surface area contributed by atoms with E-state index < -0.39 is 10.2 Å². The summed E-state index contributed by atoms with van der Waals surface area (Å²) in [5, 5.41) is 3.32. The molecule has 2 aliphatic heterocycles. The summed E-state index contributed by atoms with van der Waals surface area (Å²) < 4.78 is 28.7. The third kappa shape index (κ3) is 3.82. The first-order chi connectivity index (χ1) is 8.53. The van der Waals surface area contributed by atoms with Crippen LogP contribution in [0.15, 0.2) is 0 Å². The van der Waals surface area contributed by atoms with Gasteiger partial charge < -0.3 is 5.32 Å². The van der Waals surface area contributed by atoms with Crippen LogP contribution in [0.5, 0.6) is 0 Å². The summed E-state index contributed by atoms with van der Waals surface area (Å²) in [7, 11) is -3.26. The van der Waals surface area contributed by atoms with Crippen molar-refractivity contribution in [3.8, 4) is 0 Å². The zero-order valence-electron chi connectivity index (χ0n) is 11.8. The molecule has 0 aromatic rings. The molecule has 2 fully saturated rings. The number of piperazine rings is 1. The predicted octanol–water partition coefficient (Wildman–Crippen LogP) is 1.21. The monoisotopic (exact) mass is 311 g/mol. The Balaban J connectivity index is 0.00000180. The number of rotatable bonds is 2. The molecule has 0 amide bonds. The van der Waals surface area contributed by atoms with E-state index in [1.807, 2.05) is 6.92 Å². The van der Waals surface area contributed by atoms with Crippen LogP contribution in [0.4, 0.5) is 0 Å². The lowest BCUT2D eigenvalue weighted by Crippen LogP contribution is -2.60. The molecule has 0 aliphatic carbocycles. The van der Waals surface area contributed by atoms with Crippen molar-refractivity contribution >= 4 is 22.6 Å². The maximum atomic E-state index is 12.7. The Morgan fingerprint density at radius 2 is 1.58 bits per heavy atom. The first kappa shape index (κ1) is 17.2. The van der Waals surface area contributed by atoms with E-state index in [9.17, 15) is 8.42 Å². The van der Waals surface area contributed by atoms with Crippen LogP contribution < -0.4 is 5.32 Å². The Kier molecular flexibility index (Phi) is 6.53. The van der Waals surface area contributed by atoms with Crippen LogP contribution in [0.3, 0.4) is 0 Å². The van der Waals surface area contributed by atoms with Gasteiger partial charge in [0, 0.05) is 38.3 Å². The van der Waals surface area contributed by atoms with Crippen LogP contribution in [-0.4, -0.2) is 55.3 Å². The van der Waals surface area contributed by atoms with Gasteiger partial charge in [-0.1, -0.05) is 12.8 Å². The van der Waals surface area contributed by atoms with Gasteiger partial charge in [-0.2, -0.15) is 17.0 Å². The zero-order valence-corrected chi connectivity index (χ0v) is 13.5. The van der Waals surface area contributed by atoms with E-state index in [0.717, 1.165) is 32.2 Å². The molecule has 2 atom stereocenters. The van der Waals surface area contributed by atoms with Gasteiger partial charge in [-0.15, -0.1) is 12.4 Å². The summed E-state index contributed by atoms with van der Waals surface area (Å²) in [6.45, 7) is 6.75. The molecule has 0 radical (unpaired) electrons. The van der Waals surface area contributed by atoms with Gasteiger partial charge in [0.25, 0.3) is 10.2 Å². The summed E-state index contributed by atoms with van der Waals surface area (Å²) in [5.41, 5.74) is 0. The van der Waals surface area contributed by atoms with Gasteiger partial charge in [-0.25, -0.2) is 0 Å². The third-order valence-electron chi connectivity index (χ3n) is 4.16. The Bertz CT molecular complexity index is 369. The van der Waals surface area contributed by atoms with Gasteiger partial charge in [-0.05, 0) is 26.7 Å². The number of hydrogen-bond donors (Lipinski definition) is 1. The average Bonchev–Trinajstić information content (AvgIpc) is 2.61. The number of nitrogens with zero attached hydrogens (tertiary/aromatic N) is 2. The molecule has 0 aromatic carbocycles. The normalized spacial score (nSPS) is 31.5. The van der Waals surface area contributed by atoms with E-state index in [1.54, 1.807) is 8.61 Å². The van der Waals surface area contributed by atoms with Crippen LogP contribution in [0.25, 0.3) is 0 Å². The van der Waals surface area contributed by atoms with Gasteiger partial charge in [0.15, 0.2) is 0 Å². The number of hydrogen-bond acceptors (Lipinski definition) is 3. The van der Waals surface area contributed by atoms with Crippen molar-refractivity contribution in [2.75, 3.05) is 26.2 Å². The molecular formula is C12H26ClN3O2S. The van der Waals surface area contributed by atoms with E-state index in [4.69, 9.17) is 0 Å². The molecule has 2 heterocycles. The van der Waals surface area contributed by atoms with Crippen molar-refractivity contribution in [2.24, 2.45) is 0 Å². The topological polar surface area (TPSA) is 52.7 Å². The second-order valence-electron chi connectivity index (χ2n) is 5.42. The molecule has 2 aliphatic rings. The van der Waals surface area contributed by atoms with Crippen molar-refractivity contribution in [2.45, 2.75) is 51.6 Å². The van der Waals surface area contributed by atoms with Crippen molar-refractivity contribution < 1.29 is 8.42 Å². The first-order valence-corrected chi connectivity index (χ1v) is 8.43. The summed E-state index contributed by atoms with van der Waals surface area (Å²) in [5.74, 6) is 0. The zero-order chi connectivity index (χ0) is 13.2. The van der Waals surface area contributed by atoms with Crippen molar-refractivity contribution in [1.29, 1.82) is 0 Å².